The van der Waals surface area contributed by atoms with Crippen LogP contribution in [0.15, 0.2) is 133 Å². The summed E-state index contributed by atoms with van der Waals surface area (Å²) in [5.74, 6) is 0.931. The Bertz CT molecular complexity index is 1280. The van der Waals surface area contributed by atoms with E-state index in [2.05, 4.69) is 41.7 Å². The van der Waals surface area contributed by atoms with Crippen LogP contribution in [0.1, 0.15) is 10.4 Å². The van der Waals surface area contributed by atoms with E-state index in [0.717, 1.165) is 15.9 Å². The molecule has 0 atom stereocenters. The Balaban J connectivity index is 0.000000771. The highest BCUT2D eigenvalue weighted by Gasteiger charge is 2.45. The fourth-order valence-corrected chi connectivity index (χ4v) is 7.71. The maximum Gasteiger partial charge on any atom is 0.358 e. The molecule has 0 heterocycles. The monoisotopic (exact) mass is 565 g/mol. The Morgan fingerprint density at radius 2 is 1.00 bits per heavy atom. The second-order valence-corrected chi connectivity index (χ2v) is 12.0. The van der Waals surface area contributed by atoms with E-state index in [0.29, 0.717) is 5.56 Å². The first kappa shape index (κ1) is 29.7. The van der Waals surface area contributed by atoms with Crippen molar-refractivity contribution in [1.29, 1.82) is 0 Å². The number of carbonyl (C=O) groups is 2. The van der Waals surface area contributed by atoms with Gasteiger partial charge in [0.1, 0.15) is 29.0 Å². The standard InChI is InChI=1S/C29H24NO3P.ClHO4/c1-33-29(32)27(30-28(31)23-14-6-2-7-15-23)22-34(24-16-8-3-9-17-24,25-18-10-4-11-19-25)26-20-12-5-13-21-26;2-1(3,4)5/h2-22H,1H3;(H,2,3,4,5)/b27-22+;. The van der Waals surface area contributed by atoms with Gasteiger partial charge in [-0.05, 0) is 48.5 Å². The first-order valence-corrected chi connectivity index (χ1v) is 14.6. The molecule has 0 radical (unpaired) electrons. The van der Waals surface area contributed by atoms with Crippen LogP contribution in [0.3, 0.4) is 0 Å². The molecular weight excluding hydrogens is 541 g/mol. The van der Waals surface area contributed by atoms with Crippen LogP contribution >= 0.6 is 7.26 Å². The second-order valence-electron chi connectivity index (χ2n) is 7.96. The van der Waals surface area contributed by atoms with Crippen molar-refractivity contribution in [2.45, 2.75) is 0 Å². The van der Waals surface area contributed by atoms with Crippen molar-refractivity contribution in [3.8, 4) is 0 Å². The van der Waals surface area contributed by atoms with Crippen molar-refractivity contribution in [3.63, 3.8) is 0 Å². The van der Waals surface area contributed by atoms with Crippen molar-refractivity contribution in [2.24, 2.45) is 0 Å². The normalized spacial score (nSPS) is 11.6. The van der Waals surface area contributed by atoms with Crippen molar-refractivity contribution in [2.75, 3.05) is 7.11 Å². The largest absolute Gasteiger partial charge is 0.464 e. The quantitative estimate of drug-likeness (QED) is 0.183. The maximum absolute atomic E-state index is 13.0. The summed E-state index contributed by atoms with van der Waals surface area (Å²) >= 11 is 0. The van der Waals surface area contributed by atoms with Crippen LogP contribution in [0.4, 0.5) is 0 Å². The fourth-order valence-electron chi connectivity index (χ4n) is 3.88. The predicted octanol–water partition coefficient (Wildman–Crippen LogP) is -0.331. The van der Waals surface area contributed by atoms with Crippen LogP contribution in [-0.2, 0) is 9.53 Å². The fraction of sp³-hybridized carbons (Fsp3) is 0.0345. The van der Waals surface area contributed by atoms with Crippen LogP contribution in [0.2, 0.25) is 0 Å². The zero-order chi connectivity index (χ0) is 28.3. The molecule has 0 bridgehead atoms. The minimum Gasteiger partial charge on any atom is -0.464 e. The summed E-state index contributed by atoms with van der Waals surface area (Å²) < 4.78 is 39.1. The molecule has 8 nitrogen and oxygen atoms in total. The lowest BCUT2D eigenvalue weighted by molar-refractivity contribution is -2.00. The van der Waals surface area contributed by atoms with Crippen molar-refractivity contribution >= 4 is 35.1 Å². The Hall–Kier alpha value is -3.88. The van der Waals surface area contributed by atoms with E-state index < -0.39 is 23.5 Å². The maximum atomic E-state index is 13.0. The number of carbonyl (C=O) groups excluding carboxylic acids is 2. The molecule has 4 rings (SSSR count). The van der Waals surface area contributed by atoms with E-state index in [4.69, 9.17) is 23.4 Å². The van der Waals surface area contributed by atoms with Crippen LogP contribution in [0, 0.1) is 10.2 Å². The molecule has 0 aliphatic carbocycles. The van der Waals surface area contributed by atoms with Gasteiger partial charge in [-0.2, -0.15) is 0 Å². The van der Waals surface area contributed by atoms with Crippen LogP contribution in [0.5, 0.6) is 0 Å². The summed E-state index contributed by atoms with van der Waals surface area (Å²) in [6.45, 7) is 0. The van der Waals surface area contributed by atoms with Gasteiger partial charge in [-0.1, -0.05) is 72.8 Å². The SMILES string of the molecule is COC(=O)/C(=C\[P+](c1ccccc1)(c1ccccc1)c1ccccc1)NC(=O)c1ccccc1.[O-][Cl+3]([O-])([O-])[O-]. The summed E-state index contributed by atoms with van der Waals surface area (Å²) in [6, 6.07) is 39.1. The molecule has 0 saturated carbocycles. The smallest absolute Gasteiger partial charge is 0.358 e. The Labute approximate surface area is 228 Å². The lowest BCUT2D eigenvalue weighted by atomic mass is 10.2. The number of ether oxygens (including phenoxy) is 1. The predicted molar refractivity (Wildman–Crippen MR) is 139 cm³/mol. The first-order chi connectivity index (χ1) is 18.6. The number of nitrogens with one attached hydrogen (secondary N) is 1. The number of benzene rings is 4. The summed E-state index contributed by atoms with van der Waals surface area (Å²) in [4.78, 5) is 26.0. The van der Waals surface area contributed by atoms with Gasteiger partial charge in [0.05, 0.1) is 7.11 Å². The average Bonchev–Trinajstić information content (AvgIpc) is 2.96. The molecule has 200 valence electrons. The van der Waals surface area contributed by atoms with Gasteiger partial charge in [0.25, 0.3) is 5.91 Å². The van der Waals surface area contributed by atoms with Crippen LogP contribution < -0.4 is 39.9 Å². The van der Waals surface area contributed by atoms with E-state index in [1.807, 2.05) is 66.5 Å². The molecule has 0 unspecified atom stereocenters. The van der Waals surface area contributed by atoms with Gasteiger partial charge in [0, 0.05) is 5.56 Å². The number of halogens is 1. The molecule has 0 aromatic heterocycles. The van der Waals surface area contributed by atoms with E-state index in [-0.39, 0.29) is 11.6 Å². The Morgan fingerprint density at radius 3 is 1.33 bits per heavy atom. The van der Waals surface area contributed by atoms with Crippen molar-refractivity contribution < 1.29 is 43.2 Å². The lowest BCUT2D eigenvalue weighted by Crippen LogP contribution is -2.68. The molecule has 0 spiro atoms. The molecule has 4 aromatic carbocycles. The van der Waals surface area contributed by atoms with E-state index in [9.17, 15) is 9.59 Å². The number of methoxy groups -OCH3 is 1. The number of hydrogen-bond acceptors (Lipinski definition) is 7. The van der Waals surface area contributed by atoms with Gasteiger partial charge in [0.2, 0.25) is 0 Å². The molecular formula is C29H25ClNO7P. The van der Waals surface area contributed by atoms with Crippen LogP contribution in [-0.4, -0.2) is 19.0 Å². The van der Waals surface area contributed by atoms with E-state index >= 15 is 0 Å². The molecule has 1 amide bonds. The van der Waals surface area contributed by atoms with Gasteiger partial charge in [-0.15, -0.1) is 10.2 Å². The Kier molecular flexibility index (Phi) is 10.5. The highest BCUT2D eigenvalue weighted by Crippen LogP contribution is 2.57. The molecule has 39 heavy (non-hydrogen) atoms. The minimum absolute atomic E-state index is 0.112. The zero-order valence-corrected chi connectivity index (χ0v) is 22.5. The molecule has 0 saturated heterocycles. The van der Waals surface area contributed by atoms with Gasteiger partial charge in [-0.25, -0.2) is 23.4 Å². The average molecular weight is 566 g/mol. The third-order valence-electron chi connectivity index (χ3n) is 5.50. The molecule has 0 aliphatic rings. The topological polar surface area (TPSA) is 148 Å². The third-order valence-corrected chi connectivity index (χ3v) is 9.49. The van der Waals surface area contributed by atoms with Crippen molar-refractivity contribution in [1.82, 2.24) is 5.32 Å². The zero-order valence-electron chi connectivity index (χ0n) is 20.8. The number of rotatable bonds is 7. The minimum atomic E-state index is -4.94. The van der Waals surface area contributed by atoms with Gasteiger partial charge in [0.15, 0.2) is 5.70 Å². The first-order valence-electron chi connectivity index (χ1n) is 11.5. The third kappa shape index (κ3) is 8.30. The highest BCUT2D eigenvalue weighted by atomic mass is 35.7. The second kappa shape index (κ2) is 13.8. The number of esters is 1. The van der Waals surface area contributed by atoms with Crippen molar-refractivity contribution in [3.05, 3.63) is 138 Å². The molecule has 1 N–H and O–H groups in total. The van der Waals surface area contributed by atoms with Gasteiger partial charge >= 0.3 is 5.97 Å². The number of hydrogen-bond donors (Lipinski definition) is 1. The summed E-state index contributed by atoms with van der Waals surface area (Å²) in [5, 5.41) is 6.00. The van der Waals surface area contributed by atoms with E-state index in [1.165, 1.54) is 7.11 Å². The lowest BCUT2D eigenvalue weighted by Gasteiger charge is -2.25. The number of amides is 1. The van der Waals surface area contributed by atoms with Gasteiger partial charge in [-0.3, -0.25) is 4.79 Å². The summed E-state index contributed by atoms with van der Waals surface area (Å²) in [6.07, 6.45) is 0. The summed E-state index contributed by atoms with van der Waals surface area (Å²) in [7, 11) is -6.13. The van der Waals surface area contributed by atoms with E-state index in [1.54, 1.807) is 24.3 Å². The molecule has 0 aliphatic heterocycles. The van der Waals surface area contributed by atoms with Gasteiger partial charge < -0.3 is 10.1 Å². The molecule has 10 heteroatoms. The highest BCUT2D eigenvalue weighted by molar-refractivity contribution is 7.98. The Morgan fingerprint density at radius 1 is 0.667 bits per heavy atom. The molecule has 0 fully saturated rings. The molecule has 4 aromatic rings. The van der Waals surface area contributed by atoms with Crippen LogP contribution in [0.25, 0.3) is 0 Å². The summed E-state index contributed by atoms with van der Waals surface area (Å²) in [5.41, 5.74) is 0.571.